The summed E-state index contributed by atoms with van der Waals surface area (Å²) in [5, 5.41) is 1.89. The van der Waals surface area contributed by atoms with E-state index in [4.69, 9.17) is 4.42 Å². The summed E-state index contributed by atoms with van der Waals surface area (Å²) in [5.41, 5.74) is 2.15. The molecule has 0 atom stereocenters. The number of thioether (sulfide) groups is 1. The molecule has 0 saturated carbocycles. The van der Waals surface area contributed by atoms with Gasteiger partial charge < -0.3 is 9.40 Å². The number of nitrogens with one attached hydrogen (secondary N) is 2. The SMILES string of the molecule is O=S(=O)(Nc1cccc2cc(C3=NCCS3)[nH]c12)c1ccc(-c2cnco2)s1. The maximum Gasteiger partial charge on any atom is 0.271 e. The summed E-state index contributed by atoms with van der Waals surface area (Å²) in [7, 11) is -3.73. The number of thiophene rings is 1. The van der Waals surface area contributed by atoms with Crippen LogP contribution in [0.2, 0.25) is 0 Å². The number of para-hydroxylation sites is 1. The number of aliphatic imine (C=N–C) groups is 1. The van der Waals surface area contributed by atoms with Crippen LogP contribution < -0.4 is 4.72 Å². The molecule has 10 heteroatoms. The first-order chi connectivity index (χ1) is 13.6. The monoisotopic (exact) mass is 430 g/mol. The minimum Gasteiger partial charge on any atom is -0.443 e. The Kier molecular flexibility index (Phi) is 4.26. The normalized spacial score (nSPS) is 14.5. The standard InChI is InChI=1S/C18H14N4O3S3/c23-28(24,16-5-4-15(27-16)14-9-19-10-25-14)22-12-3-1-2-11-8-13(21-17(11)12)18-20-6-7-26-18/h1-5,8-10,21-22H,6-7H2. The Labute approximate surface area is 169 Å². The molecule has 2 N–H and O–H groups in total. The number of hydrogen-bond acceptors (Lipinski definition) is 7. The molecule has 0 bridgehead atoms. The molecule has 28 heavy (non-hydrogen) atoms. The Bertz CT molecular complexity index is 1290. The number of anilines is 1. The molecule has 4 aromatic rings. The summed E-state index contributed by atoms with van der Waals surface area (Å²) in [6, 6.07) is 10.8. The Morgan fingerprint density at radius 3 is 2.93 bits per heavy atom. The number of benzene rings is 1. The smallest absolute Gasteiger partial charge is 0.271 e. The molecule has 0 amide bonds. The van der Waals surface area contributed by atoms with Crippen LogP contribution in [0.5, 0.6) is 0 Å². The van der Waals surface area contributed by atoms with Crippen molar-refractivity contribution in [1.29, 1.82) is 0 Å². The van der Waals surface area contributed by atoms with Crippen LogP contribution in [0.3, 0.4) is 0 Å². The molecule has 0 unspecified atom stereocenters. The molecule has 3 aromatic heterocycles. The highest BCUT2D eigenvalue weighted by Gasteiger charge is 2.21. The van der Waals surface area contributed by atoms with Crippen LogP contribution in [-0.2, 0) is 10.0 Å². The van der Waals surface area contributed by atoms with Crippen molar-refractivity contribution in [3.8, 4) is 10.6 Å². The quantitative estimate of drug-likeness (QED) is 0.495. The van der Waals surface area contributed by atoms with Crippen molar-refractivity contribution in [1.82, 2.24) is 9.97 Å². The maximum absolute atomic E-state index is 12.9. The Morgan fingerprint density at radius 2 is 2.14 bits per heavy atom. The lowest BCUT2D eigenvalue weighted by Gasteiger charge is -2.07. The zero-order valence-corrected chi connectivity index (χ0v) is 16.8. The van der Waals surface area contributed by atoms with Gasteiger partial charge in [0.1, 0.15) is 9.25 Å². The highest BCUT2D eigenvalue weighted by Crippen LogP contribution is 2.33. The van der Waals surface area contributed by atoms with Gasteiger partial charge >= 0.3 is 0 Å². The number of hydrogen-bond donors (Lipinski definition) is 2. The first-order valence-corrected chi connectivity index (χ1v) is 11.7. The predicted octanol–water partition coefficient (Wildman–Crippen LogP) is 4.18. The lowest BCUT2D eigenvalue weighted by atomic mass is 10.2. The van der Waals surface area contributed by atoms with E-state index in [1.807, 2.05) is 18.2 Å². The minimum atomic E-state index is -3.73. The van der Waals surface area contributed by atoms with Crippen LogP contribution in [0.15, 0.2) is 62.6 Å². The van der Waals surface area contributed by atoms with Gasteiger partial charge in [0.2, 0.25) is 0 Å². The number of oxazole rings is 1. The van der Waals surface area contributed by atoms with Crippen LogP contribution in [0, 0.1) is 0 Å². The number of sulfonamides is 1. The number of nitrogens with zero attached hydrogens (tertiary/aromatic N) is 2. The second kappa shape index (κ2) is 6.80. The van der Waals surface area contributed by atoms with Crippen molar-refractivity contribution in [2.75, 3.05) is 17.0 Å². The highest BCUT2D eigenvalue weighted by molar-refractivity contribution is 8.14. The molecule has 7 nitrogen and oxygen atoms in total. The fraction of sp³-hybridized carbons (Fsp3) is 0.111. The zero-order chi connectivity index (χ0) is 19.1. The van der Waals surface area contributed by atoms with Crippen LogP contribution in [0.25, 0.3) is 21.5 Å². The number of aromatic amines is 1. The lowest BCUT2D eigenvalue weighted by Crippen LogP contribution is -2.11. The molecule has 0 saturated heterocycles. The largest absolute Gasteiger partial charge is 0.443 e. The summed E-state index contributed by atoms with van der Waals surface area (Å²) >= 11 is 2.83. The third-order valence-corrected chi connectivity index (χ3v) is 8.20. The van der Waals surface area contributed by atoms with E-state index in [1.165, 1.54) is 6.39 Å². The van der Waals surface area contributed by atoms with Gasteiger partial charge in [0.05, 0.1) is 28.0 Å². The van der Waals surface area contributed by atoms with Crippen LogP contribution in [0.4, 0.5) is 5.69 Å². The molecular weight excluding hydrogens is 416 g/mol. The average molecular weight is 431 g/mol. The summed E-state index contributed by atoms with van der Waals surface area (Å²) in [4.78, 5) is 12.4. The molecule has 1 aliphatic rings. The van der Waals surface area contributed by atoms with E-state index in [9.17, 15) is 8.42 Å². The first-order valence-electron chi connectivity index (χ1n) is 8.41. The van der Waals surface area contributed by atoms with Crippen molar-refractivity contribution < 1.29 is 12.8 Å². The molecule has 142 valence electrons. The van der Waals surface area contributed by atoms with Gasteiger partial charge in [-0.2, -0.15) is 0 Å². The maximum atomic E-state index is 12.9. The van der Waals surface area contributed by atoms with Crippen molar-refractivity contribution >= 4 is 54.8 Å². The van der Waals surface area contributed by atoms with Gasteiger partial charge in [0, 0.05) is 17.7 Å². The molecular formula is C18H14N4O3S3. The molecule has 4 heterocycles. The molecule has 5 rings (SSSR count). The molecule has 1 aromatic carbocycles. The number of H-pyrrole nitrogens is 1. The summed E-state index contributed by atoms with van der Waals surface area (Å²) < 4.78 is 33.9. The van der Waals surface area contributed by atoms with E-state index in [1.54, 1.807) is 36.2 Å². The van der Waals surface area contributed by atoms with E-state index in [-0.39, 0.29) is 4.21 Å². The van der Waals surface area contributed by atoms with E-state index < -0.39 is 10.0 Å². The van der Waals surface area contributed by atoms with E-state index >= 15 is 0 Å². The Hall–Kier alpha value is -2.56. The molecule has 0 fully saturated rings. The van der Waals surface area contributed by atoms with Crippen LogP contribution in [-0.4, -0.2) is 35.7 Å². The zero-order valence-electron chi connectivity index (χ0n) is 14.4. The van der Waals surface area contributed by atoms with Crippen molar-refractivity contribution in [2.24, 2.45) is 4.99 Å². The van der Waals surface area contributed by atoms with E-state index in [2.05, 4.69) is 19.7 Å². The van der Waals surface area contributed by atoms with E-state index in [0.717, 1.165) is 45.3 Å². The molecule has 0 radical (unpaired) electrons. The average Bonchev–Trinajstić information content (AvgIpc) is 3.49. The van der Waals surface area contributed by atoms with Crippen molar-refractivity contribution in [3.63, 3.8) is 0 Å². The Balaban J connectivity index is 1.49. The van der Waals surface area contributed by atoms with Gasteiger partial charge in [0.25, 0.3) is 10.0 Å². The predicted molar refractivity (Wildman–Crippen MR) is 113 cm³/mol. The van der Waals surface area contributed by atoms with E-state index in [0.29, 0.717) is 16.3 Å². The van der Waals surface area contributed by atoms with Gasteiger partial charge in [-0.1, -0.05) is 12.1 Å². The lowest BCUT2D eigenvalue weighted by molar-refractivity contribution is 0.573. The summed E-state index contributed by atoms with van der Waals surface area (Å²) in [6.45, 7) is 0.806. The Morgan fingerprint density at radius 1 is 1.21 bits per heavy atom. The third-order valence-electron chi connectivity index (χ3n) is 4.24. The van der Waals surface area contributed by atoms with Crippen molar-refractivity contribution in [3.05, 3.63) is 54.7 Å². The second-order valence-electron chi connectivity index (χ2n) is 6.08. The molecule has 1 aliphatic heterocycles. The number of aromatic nitrogens is 2. The van der Waals surface area contributed by atoms with Gasteiger partial charge in [-0.25, -0.2) is 13.4 Å². The van der Waals surface area contributed by atoms with Gasteiger partial charge in [-0.3, -0.25) is 9.71 Å². The van der Waals surface area contributed by atoms with Crippen LogP contribution >= 0.6 is 23.1 Å². The fourth-order valence-electron chi connectivity index (χ4n) is 2.98. The second-order valence-corrected chi connectivity index (χ2v) is 10.2. The van der Waals surface area contributed by atoms with Gasteiger partial charge in [0.15, 0.2) is 12.2 Å². The van der Waals surface area contributed by atoms with Gasteiger partial charge in [-0.05, 0) is 24.3 Å². The fourth-order valence-corrected chi connectivity index (χ4v) is 6.14. The van der Waals surface area contributed by atoms with Crippen LogP contribution in [0.1, 0.15) is 5.69 Å². The third kappa shape index (κ3) is 3.13. The molecule has 0 aliphatic carbocycles. The topological polar surface area (TPSA) is 100 Å². The first kappa shape index (κ1) is 17.5. The van der Waals surface area contributed by atoms with Crippen molar-refractivity contribution in [2.45, 2.75) is 4.21 Å². The summed E-state index contributed by atoms with van der Waals surface area (Å²) in [5.74, 6) is 1.51. The minimum absolute atomic E-state index is 0.207. The number of rotatable bonds is 5. The number of fused-ring (bicyclic) bond motifs is 1. The molecule has 0 spiro atoms. The van der Waals surface area contributed by atoms with Gasteiger partial charge in [-0.15, -0.1) is 23.1 Å². The highest BCUT2D eigenvalue weighted by atomic mass is 32.2. The summed E-state index contributed by atoms with van der Waals surface area (Å²) in [6.07, 6.45) is 2.87.